The van der Waals surface area contributed by atoms with Crippen molar-refractivity contribution < 1.29 is 9.59 Å². The third kappa shape index (κ3) is 22.2. The molecule has 0 heterocycles. The fourth-order valence-corrected chi connectivity index (χ4v) is 7.24. The van der Waals surface area contributed by atoms with Crippen molar-refractivity contribution in [1.82, 2.24) is 0 Å². The molecule has 0 saturated heterocycles. The quantitative estimate of drug-likeness (QED) is 0.0550. The number of unbranched alkanes of at least 4 members (excludes halogenated alkanes) is 28. The molecule has 1 rings (SSSR count). The van der Waals surface area contributed by atoms with Crippen molar-refractivity contribution in [3.8, 4) is 0 Å². The van der Waals surface area contributed by atoms with Crippen LogP contribution in [0.25, 0.3) is 0 Å². The molecule has 0 unspecified atom stereocenters. The number of hydrogen-bond acceptors (Lipinski definition) is 4. The first-order chi connectivity index (χ1) is 23.6. The highest BCUT2D eigenvalue weighted by Crippen LogP contribution is 2.25. The van der Waals surface area contributed by atoms with Crippen LogP contribution in [-0.4, -0.2) is 11.6 Å². The first-order valence-electron chi connectivity index (χ1n) is 21.2. The second-order valence-electron chi connectivity index (χ2n) is 14.8. The Hall–Kier alpha value is -1.52. The van der Waals surface area contributed by atoms with E-state index < -0.39 is 0 Å². The summed E-state index contributed by atoms with van der Waals surface area (Å²) in [4.78, 5) is 26.9. The number of rotatable bonds is 36. The Labute approximate surface area is 298 Å². The minimum absolute atomic E-state index is 0.0697. The number of carbonyl (C=O) groups is 2. The summed E-state index contributed by atoms with van der Waals surface area (Å²) in [6, 6.07) is 3.75. The topological polar surface area (TPSA) is 86.2 Å². The molecule has 48 heavy (non-hydrogen) atoms. The highest BCUT2D eigenvalue weighted by Gasteiger charge is 2.22. The van der Waals surface area contributed by atoms with E-state index in [0.29, 0.717) is 30.5 Å². The zero-order valence-electron chi connectivity index (χ0n) is 32.2. The van der Waals surface area contributed by atoms with Crippen molar-refractivity contribution in [2.24, 2.45) is 11.5 Å². The summed E-state index contributed by atoms with van der Waals surface area (Å²) in [6.07, 6.45) is 40.1. The van der Waals surface area contributed by atoms with E-state index >= 15 is 0 Å². The van der Waals surface area contributed by atoms with Crippen LogP contribution in [0.1, 0.15) is 251 Å². The van der Waals surface area contributed by atoms with E-state index in [2.05, 4.69) is 13.8 Å². The van der Waals surface area contributed by atoms with E-state index in [0.717, 1.165) is 36.8 Å². The maximum atomic E-state index is 13.5. The first-order valence-corrected chi connectivity index (χ1v) is 21.2. The van der Waals surface area contributed by atoms with Gasteiger partial charge in [0.25, 0.3) is 0 Å². The first kappa shape index (κ1) is 44.5. The van der Waals surface area contributed by atoms with Crippen LogP contribution in [0.3, 0.4) is 0 Å². The number of carbonyl (C=O) groups excluding carboxylic acids is 2. The number of Topliss-reactive ketones (excluding diaryl/α,β-unsaturated/α-hetero) is 2. The molecule has 0 radical (unpaired) electrons. The molecule has 0 aliphatic rings. The average molecular weight is 669 g/mol. The van der Waals surface area contributed by atoms with Crippen LogP contribution < -0.4 is 11.5 Å². The van der Waals surface area contributed by atoms with Gasteiger partial charge in [0.15, 0.2) is 11.6 Å². The molecule has 4 nitrogen and oxygen atoms in total. The second kappa shape index (κ2) is 32.7. The van der Waals surface area contributed by atoms with Crippen LogP contribution in [0.5, 0.6) is 0 Å². The molecule has 4 heteroatoms. The summed E-state index contributed by atoms with van der Waals surface area (Å²) < 4.78 is 0. The average Bonchev–Trinajstić information content (AvgIpc) is 3.10. The Morgan fingerprint density at radius 3 is 1.04 bits per heavy atom. The lowest BCUT2D eigenvalue weighted by atomic mass is 9.88. The minimum Gasteiger partial charge on any atom is -0.326 e. The van der Waals surface area contributed by atoms with E-state index in [4.69, 9.17) is 11.5 Å². The fraction of sp³-hybridized carbons (Fsp3) is 0.818. The summed E-state index contributed by atoms with van der Waals surface area (Å²) in [6.45, 7) is 5.13. The molecule has 0 spiro atoms. The van der Waals surface area contributed by atoms with Crippen molar-refractivity contribution in [2.45, 2.75) is 232 Å². The third-order valence-electron chi connectivity index (χ3n) is 10.4. The van der Waals surface area contributed by atoms with Crippen molar-refractivity contribution in [3.63, 3.8) is 0 Å². The summed E-state index contributed by atoms with van der Waals surface area (Å²) in [5, 5.41) is 0. The van der Waals surface area contributed by atoms with Gasteiger partial charge in [-0.15, -0.1) is 0 Å². The summed E-state index contributed by atoms with van der Waals surface area (Å²) in [5.74, 6) is 0.156. The zero-order valence-corrected chi connectivity index (χ0v) is 32.2. The lowest BCUT2D eigenvalue weighted by molar-refractivity contribution is 0.0945. The number of benzene rings is 1. The van der Waals surface area contributed by atoms with Crippen LogP contribution in [0.15, 0.2) is 12.1 Å². The number of ketones is 2. The summed E-state index contributed by atoms with van der Waals surface area (Å²) in [7, 11) is 0. The zero-order chi connectivity index (χ0) is 34.9. The molecule has 4 N–H and O–H groups in total. The van der Waals surface area contributed by atoms with Gasteiger partial charge in [-0.1, -0.05) is 206 Å². The number of nitrogens with two attached hydrogens (primary N) is 2. The normalized spacial score (nSPS) is 11.4. The Balaban J connectivity index is 2.29. The van der Waals surface area contributed by atoms with Gasteiger partial charge in [-0.2, -0.15) is 0 Å². The van der Waals surface area contributed by atoms with Gasteiger partial charge >= 0.3 is 0 Å². The van der Waals surface area contributed by atoms with Gasteiger partial charge < -0.3 is 11.5 Å². The van der Waals surface area contributed by atoms with Crippen LogP contribution in [-0.2, 0) is 13.1 Å². The predicted molar refractivity (Wildman–Crippen MR) is 210 cm³/mol. The maximum Gasteiger partial charge on any atom is 0.163 e. The second-order valence-corrected chi connectivity index (χ2v) is 14.8. The van der Waals surface area contributed by atoms with Crippen LogP contribution in [0.2, 0.25) is 0 Å². The maximum absolute atomic E-state index is 13.5. The van der Waals surface area contributed by atoms with Gasteiger partial charge in [0.1, 0.15) is 0 Å². The smallest absolute Gasteiger partial charge is 0.163 e. The van der Waals surface area contributed by atoms with Gasteiger partial charge in [0, 0.05) is 37.1 Å². The van der Waals surface area contributed by atoms with E-state index in [1.54, 1.807) is 0 Å². The summed E-state index contributed by atoms with van der Waals surface area (Å²) >= 11 is 0. The molecular formula is C44H80N2O2. The highest BCUT2D eigenvalue weighted by molar-refractivity contribution is 6.10. The molecule has 0 aromatic heterocycles. The molecule has 0 saturated carbocycles. The molecule has 0 aliphatic carbocycles. The minimum atomic E-state index is 0.0697. The van der Waals surface area contributed by atoms with Crippen LogP contribution in [0.4, 0.5) is 0 Å². The molecule has 0 aliphatic heterocycles. The Morgan fingerprint density at radius 2 is 0.729 bits per heavy atom. The van der Waals surface area contributed by atoms with Crippen LogP contribution >= 0.6 is 0 Å². The van der Waals surface area contributed by atoms with Gasteiger partial charge in [-0.25, -0.2) is 0 Å². The van der Waals surface area contributed by atoms with E-state index in [-0.39, 0.29) is 18.1 Å². The monoisotopic (exact) mass is 669 g/mol. The van der Waals surface area contributed by atoms with Crippen molar-refractivity contribution in [2.75, 3.05) is 0 Å². The standard InChI is InChI=1S/C44H80N2O2/c1-3-5-7-9-11-13-15-17-19-21-23-25-27-29-31-33-42(47)40-36-35-39(37-45)41(38-46)44(40)43(48)34-32-30-28-26-24-22-20-18-16-14-12-10-8-6-4-2/h35-36H,3-34,37-38,45-46H2,1-2H3. The van der Waals surface area contributed by atoms with Crippen LogP contribution in [0, 0.1) is 0 Å². The Bertz CT molecular complexity index is 911. The lowest BCUT2D eigenvalue weighted by Crippen LogP contribution is -2.18. The Morgan fingerprint density at radius 1 is 0.417 bits per heavy atom. The van der Waals surface area contributed by atoms with Crippen molar-refractivity contribution in [1.29, 1.82) is 0 Å². The van der Waals surface area contributed by atoms with E-state index in [9.17, 15) is 9.59 Å². The van der Waals surface area contributed by atoms with Gasteiger partial charge in [0.2, 0.25) is 0 Å². The van der Waals surface area contributed by atoms with E-state index in [1.807, 2.05) is 12.1 Å². The Kier molecular flexibility index (Phi) is 30.3. The molecule has 278 valence electrons. The lowest BCUT2D eigenvalue weighted by Gasteiger charge is -2.16. The van der Waals surface area contributed by atoms with Crippen molar-refractivity contribution >= 4 is 11.6 Å². The van der Waals surface area contributed by atoms with E-state index in [1.165, 1.54) is 167 Å². The fourth-order valence-electron chi connectivity index (χ4n) is 7.24. The van der Waals surface area contributed by atoms with Gasteiger partial charge in [0.05, 0.1) is 0 Å². The molecular weight excluding hydrogens is 588 g/mol. The van der Waals surface area contributed by atoms with Gasteiger partial charge in [-0.3, -0.25) is 9.59 Å². The SMILES string of the molecule is CCCCCCCCCCCCCCCCCC(=O)c1ccc(CN)c(CN)c1C(=O)CCCCCCCCCCCCCCCCC. The molecule has 0 atom stereocenters. The predicted octanol–water partition coefficient (Wildman–Crippen LogP) is 13.5. The highest BCUT2D eigenvalue weighted by atomic mass is 16.1. The third-order valence-corrected chi connectivity index (χ3v) is 10.4. The molecule has 1 aromatic carbocycles. The molecule has 1 aromatic rings. The van der Waals surface area contributed by atoms with Crippen molar-refractivity contribution in [3.05, 3.63) is 34.4 Å². The number of hydrogen-bond donors (Lipinski definition) is 2. The van der Waals surface area contributed by atoms with Gasteiger partial charge in [-0.05, 0) is 24.0 Å². The molecule has 0 bridgehead atoms. The molecule has 0 amide bonds. The largest absolute Gasteiger partial charge is 0.326 e. The molecule has 0 fully saturated rings. The summed E-state index contributed by atoms with van der Waals surface area (Å²) in [5.41, 5.74) is 15.0.